The zero-order valence-corrected chi connectivity index (χ0v) is 12.5. The lowest BCUT2D eigenvalue weighted by atomic mass is 9.97. The van der Waals surface area contributed by atoms with Crippen molar-refractivity contribution in [2.75, 3.05) is 19.8 Å². The van der Waals surface area contributed by atoms with Crippen LogP contribution in [0.2, 0.25) is 0 Å². The number of ether oxygens (including phenoxy) is 2. The summed E-state index contributed by atoms with van der Waals surface area (Å²) in [6.07, 6.45) is 12.4. The summed E-state index contributed by atoms with van der Waals surface area (Å²) < 4.78 is 11.6. The summed E-state index contributed by atoms with van der Waals surface area (Å²) in [6.45, 7) is 5.23. The van der Waals surface area contributed by atoms with Crippen LogP contribution >= 0.6 is 0 Å². The molecule has 2 fully saturated rings. The molecule has 0 saturated carbocycles. The van der Waals surface area contributed by atoms with E-state index >= 15 is 0 Å². The zero-order chi connectivity index (χ0) is 13.3. The summed E-state index contributed by atoms with van der Waals surface area (Å²) in [6, 6.07) is 0.653. The molecule has 112 valence electrons. The minimum atomic E-state index is 0.526. The molecule has 2 aliphatic rings. The van der Waals surface area contributed by atoms with Gasteiger partial charge in [-0.25, -0.2) is 0 Å². The van der Waals surface area contributed by atoms with Gasteiger partial charge in [0, 0.05) is 19.3 Å². The van der Waals surface area contributed by atoms with Crippen molar-refractivity contribution in [2.45, 2.75) is 83.0 Å². The normalized spacial score (nSPS) is 29.5. The van der Waals surface area contributed by atoms with E-state index in [1.807, 2.05) is 0 Å². The van der Waals surface area contributed by atoms with E-state index in [2.05, 4.69) is 12.2 Å². The molecular weight excluding hydrogens is 238 g/mol. The van der Waals surface area contributed by atoms with Gasteiger partial charge in [0.15, 0.2) is 0 Å². The largest absolute Gasteiger partial charge is 0.378 e. The highest BCUT2D eigenvalue weighted by Crippen LogP contribution is 2.21. The molecule has 0 radical (unpaired) electrons. The lowest BCUT2D eigenvalue weighted by Crippen LogP contribution is -2.31. The molecule has 3 heteroatoms. The SMILES string of the molecule is CCNC(CCC1CCCCO1)CCC1CCCO1. The molecule has 0 bridgehead atoms. The average molecular weight is 269 g/mol. The van der Waals surface area contributed by atoms with Crippen molar-refractivity contribution in [3.05, 3.63) is 0 Å². The van der Waals surface area contributed by atoms with Crippen LogP contribution < -0.4 is 5.32 Å². The van der Waals surface area contributed by atoms with Crippen LogP contribution in [0.3, 0.4) is 0 Å². The predicted molar refractivity (Wildman–Crippen MR) is 78.5 cm³/mol. The lowest BCUT2D eigenvalue weighted by Gasteiger charge is -2.25. The van der Waals surface area contributed by atoms with E-state index in [1.165, 1.54) is 57.8 Å². The Morgan fingerprint density at radius 2 is 1.58 bits per heavy atom. The molecule has 0 aromatic heterocycles. The van der Waals surface area contributed by atoms with E-state index in [9.17, 15) is 0 Å². The van der Waals surface area contributed by atoms with E-state index in [0.717, 1.165) is 19.8 Å². The molecule has 2 aliphatic heterocycles. The van der Waals surface area contributed by atoms with Gasteiger partial charge in [-0.05, 0) is 64.3 Å². The monoisotopic (exact) mass is 269 g/mol. The van der Waals surface area contributed by atoms with Crippen molar-refractivity contribution in [1.82, 2.24) is 5.32 Å². The summed E-state index contributed by atoms with van der Waals surface area (Å²) in [5.41, 5.74) is 0. The fourth-order valence-corrected chi connectivity index (χ4v) is 3.32. The van der Waals surface area contributed by atoms with Crippen LogP contribution in [-0.2, 0) is 9.47 Å². The first-order valence-corrected chi connectivity index (χ1v) is 8.35. The van der Waals surface area contributed by atoms with Gasteiger partial charge in [0.1, 0.15) is 0 Å². The van der Waals surface area contributed by atoms with Crippen molar-refractivity contribution in [2.24, 2.45) is 0 Å². The Labute approximate surface area is 118 Å². The van der Waals surface area contributed by atoms with E-state index < -0.39 is 0 Å². The second-order valence-corrected chi connectivity index (χ2v) is 6.03. The number of rotatable bonds is 8. The molecule has 0 amide bonds. The molecule has 2 heterocycles. The third-order valence-electron chi connectivity index (χ3n) is 4.46. The third-order valence-corrected chi connectivity index (χ3v) is 4.46. The van der Waals surface area contributed by atoms with Crippen LogP contribution in [0.5, 0.6) is 0 Å². The summed E-state index contributed by atoms with van der Waals surface area (Å²) >= 11 is 0. The maximum atomic E-state index is 5.83. The fraction of sp³-hybridized carbons (Fsp3) is 1.00. The number of hydrogen-bond donors (Lipinski definition) is 1. The molecule has 1 N–H and O–H groups in total. The van der Waals surface area contributed by atoms with Crippen LogP contribution in [0.15, 0.2) is 0 Å². The van der Waals surface area contributed by atoms with E-state index in [-0.39, 0.29) is 0 Å². The van der Waals surface area contributed by atoms with Crippen molar-refractivity contribution < 1.29 is 9.47 Å². The maximum Gasteiger partial charge on any atom is 0.0576 e. The van der Waals surface area contributed by atoms with Gasteiger partial charge in [-0.2, -0.15) is 0 Å². The first kappa shape index (κ1) is 15.3. The lowest BCUT2D eigenvalue weighted by molar-refractivity contribution is 0.00813. The van der Waals surface area contributed by atoms with Gasteiger partial charge in [0.05, 0.1) is 12.2 Å². The fourth-order valence-electron chi connectivity index (χ4n) is 3.32. The Balaban J connectivity index is 1.62. The summed E-state index contributed by atoms with van der Waals surface area (Å²) in [5.74, 6) is 0. The molecule has 2 rings (SSSR count). The van der Waals surface area contributed by atoms with Crippen LogP contribution in [0.25, 0.3) is 0 Å². The van der Waals surface area contributed by atoms with E-state index in [1.54, 1.807) is 0 Å². The summed E-state index contributed by atoms with van der Waals surface area (Å²) in [7, 11) is 0. The van der Waals surface area contributed by atoms with Crippen molar-refractivity contribution >= 4 is 0 Å². The van der Waals surface area contributed by atoms with Crippen molar-refractivity contribution in [3.8, 4) is 0 Å². The smallest absolute Gasteiger partial charge is 0.0576 e. The summed E-state index contributed by atoms with van der Waals surface area (Å²) in [5, 5.41) is 3.64. The molecule has 0 spiro atoms. The highest BCUT2D eigenvalue weighted by Gasteiger charge is 2.19. The van der Waals surface area contributed by atoms with Crippen LogP contribution in [0.1, 0.15) is 64.7 Å². The Morgan fingerprint density at radius 3 is 2.05 bits per heavy atom. The van der Waals surface area contributed by atoms with Gasteiger partial charge < -0.3 is 14.8 Å². The molecule has 3 unspecified atom stereocenters. The Bertz CT molecular complexity index is 223. The first-order valence-electron chi connectivity index (χ1n) is 8.35. The molecule has 3 atom stereocenters. The minimum Gasteiger partial charge on any atom is -0.378 e. The number of hydrogen-bond acceptors (Lipinski definition) is 3. The van der Waals surface area contributed by atoms with Crippen LogP contribution in [0.4, 0.5) is 0 Å². The highest BCUT2D eigenvalue weighted by atomic mass is 16.5. The molecule has 2 saturated heterocycles. The molecule has 0 aromatic rings. The second kappa shape index (κ2) is 8.93. The van der Waals surface area contributed by atoms with Gasteiger partial charge in [0.2, 0.25) is 0 Å². The van der Waals surface area contributed by atoms with E-state index in [0.29, 0.717) is 18.2 Å². The van der Waals surface area contributed by atoms with Gasteiger partial charge >= 0.3 is 0 Å². The van der Waals surface area contributed by atoms with E-state index in [4.69, 9.17) is 9.47 Å². The molecular formula is C16H31NO2. The van der Waals surface area contributed by atoms with Crippen molar-refractivity contribution in [1.29, 1.82) is 0 Å². The highest BCUT2D eigenvalue weighted by molar-refractivity contribution is 4.74. The van der Waals surface area contributed by atoms with Gasteiger partial charge in [-0.15, -0.1) is 0 Å². The standard InChI is InChI=1S/C16H31NO2/c1-2-17-14(9-11-16-7-5-13-19-16)8-10-15-6-3-4-12-18-15/h14-17H,2-13H2,1H3. The average Bonchev–Trinajstić information content (AvgIpc) is 2.96. The quantitative estimate of drug-likeness (QED) is 0.733. The number of nitrogens with one attached hydrogen (secondary N) is 1. The Morgan fingerprint density at radius 1 is 0.947 bits per heavy atom. The van der Waals surface area contributed by atoms with Crippen LogP contribution in [-0.4, -0.2) is 38.0 Å². The molecule has 19 heavy (non-hydrogen) atoms. The minimum absolute atomic E-state index is 0.526. The van der Waals surface area contributed by atoms with Gasteiger partial charge in [0.25, 0.3) is 0 Å². The Kier molecular flexibility index (Phi) is 7.18. The molecule has 3 nitrogen and oxygen atoms in total. The molecule has 0 aromatic carbocycles. The Hall–Kier alpha value is -0.120. The summed E-state index contributed by atoms with van der Waals surface area (Å²) in [4.78, 5) is 0. The second-order valence-electron chi connectivity index (χ2n) is 6.03. The predicted octanol–water partition coefficient (Wildman–Crippen LogP) is 3.27. The van der Waals surface area contributed by atoms with Crippen LogP contribution in [0, 0.1) is 0 Å². The first-order chi connectivity index (χ1) is 9.38. The molecule has 0 aliphatic carbocycles. The maximum absolute atomic E-state index is 5.83. The topological polar surface area (TPSA) is 30.5 Å². The van der Waals surface area contributed by atoms with Crippen molar-refractivity contribution in [3.63, 3.8) is 0 Å². The van der Waals surface area contributed by atoms with Gasteiger partial charge in [-0.1, -0.05) is 6.92 Å². The third kappa shape index (κ3) is 5.80. The zero-order valence-electron chi connectivity index (χ0n) is 12.5. The van der Waals surface area contributed by atoms with Gasteiger partial charge in [-0.3, -0.25) is 0 Å².